The van der Waals surface area contributed by atoms with Crippen molar-refractivity contribution in [2.24, 2.45) is 5.41 Å². The Morgan fingerprint density at radius 1 is 1.29 bits per heavy atom. The second-order valence-electron chi connectivity index (χ2n) is 5.00. The molecule has 17 heavy (non-hydrogen) atoms. The summed E-state index contributed by atoms with van der Waals surface area (Å²) in [5.74, 6) is -0.215. The maximum absolute atomic E-state index is 12.7. The highest BCUT2D eigenvalue weighted by Crippen LogP contribution is 2.21. The summed E-state index contributed by atoms with van der Waals surface area (Å²) in [6, 6.07) is 8.76. The van der Waals surface area contributed by atoms with Crippen LogP contribution in [0.4, 0.5) is 10.1 Å². The van der Waals surface area contributed by atoms with Gasteiger partial charge in [-0.05, 0) is 51.0 Å². The zero-order valence-electron chi connectivity index (χ0n) is 10.7. The molecule has 0 aliphatic heterocycles. The van der Waals surface area contributed by atoms with Gasteiger partial charge in [-0.25, -0.2) is 4.39 Å². The zero-order chi connectivity index (χ0) is 12.9. The maximum Gasteiger partial charge on any atom is 0.123 e. The van der Waals surface area contributed by atoms with Crippen molar-refractivity contribution in [1.29, 1.82) is 5.26 Å². The Hall–Kier alpha value is -1.56. The molecule has 0 fully saturated rings. The first-order chi connectivity index (χ1) is 7.94. The van der Waals surface area contributed by atoms with Crippen molar-refractivity contribution in [3.63, 3.8) is 0 Å². The largest absolute Gasteiger partial charge is 0.375 e. The molecular formula is C14H19FN2. The van der Waals surface area contributed by atoms with Gasteiger partial charge in [-0.15, -0.1) is 0 Å². The van der Waals surface area contributed by atoms with E-state index in [1.165, 1.54) is 12.1 Å². The lowest BCUT2D eigenvalue weighted by Crippen LogP contribution is -2.20. The van der Waals surface area contributed by atoms with E-state index in [0.717, 1.165) is 25.1 Å². The van der Waals surface area contributed by atoms with E-state index in [2.05, 4.69) is 11.0 Å². The number of halogens is 1. The number of nitrogens with zero attached hydrogens (tertiary/aromatic N) is 2. The standard InChI is InChI=1S/C14H19FN2/c1-14(2,11-16)9-4-10-17(3)13-7-5-12(15)6-8-13/h5-8H,4,9-10H2,1-3H3. The lowest BCUT2D eigenvalue weighted by atomic mass is 9.90. The van der Waals surface area contributed by atoms with Crippen LogP contribution in [0, 0.1) is 22.6 Å². The molecule has 0 unspecified atom stereocenters. The number of nitriles is 1. The molecular weight excluding hydrogens is 215 g/mol. The summed E-state index contributed by atoms with van der Waals surface area (Å²) in [7, 11) is 1.98. The number of hydrogen-bond acceptors (Lipinski definition) is 2. The Morgan fingerprint density at radius 2 is 1.88 bits per heavy atom. The SMILES string of the molecule is CN(CCCC(C)(C)C#N)c1ccc(F)cc1. The number of hydrogen-bond donors (Lipinski definition) is 0. The second-order valence-corrected chi connectivity index (χ2v) is 5.00. The van der Waals surface area contributed by atoms with E-state index in [4.69, 9.17) is 5.26 Å². The van der Waals surface area contributed by atoms with E-state index < -0.39 is 0 Å². The van der Waals surface area contributed by atoms with Gasteiger partial charge in [-0.1, -0.05) is 0 Å². The van der Waals surface area contributed by atoms with Crippen molar-refractivity contribution in [3.8, 4) is 6.07 Å². The van der Waals surface area contributed by atoms with Crippen molar-refractivity contribution in [3.05, 3.63) is 30.1 Å². The van der Waals surface area contributed by atoms with Gasteiger partial charge in [0.2, 0.25) is 0 Å². The van der Waals surface area contributed by atoms with E-state index in [1.54, 1.807) is 12.1 Å². The molecule has 0 saturated heterocycles. The fraction of sp³-hybridized carbons (Fsp3) is 0.500. The topological polar surface area (TPSA) is 27.0 Å². The monoisotopic (exact) mass is 234 g/mol. The van der Waals surface area contributed by atoms with Gasteiger partial charge in [0, 0.05) is 19.3 Å². The van der Waals surface area contributed by atoms with Gasteiger partial charge >= 0.3 is 0 Å². The number of anilines is 1. The lowest BCUT2D eigenvalue weighted by molar-refractivity contribution is 0.436. The molecule has 1 aromatic rings. The normalized spacial score (nSPS) is 11.0. The minimum atomic E-state index is -0.260. The minimum absolute atomic E-state index is 0.215. The molecule has 0 saturated carbocycles. The molecule has 0 atom stereocenters. The van der Waals surface area contributed by atoms with Crippen LogP contribution < -0.4 is 4.90 Å². The number of rotatable bonds is 5. The third-order valence-electron chi connectivity index (χ3n) is 2.87. The molecule has 0 N–H and O–H groups in total. The van der Waals surface area contributed by atoms with Crippen LogP contribution in [0.25, 0.3) is 0 Å². The summed E-state index contributed by atoms with van der Waals surface area (Å²) in [4.78, 5) is 2.08. The molecule has 0 aliphatic rings. The molecule has 0 bridgehead atoms. The van der Waals surface area contributed by atoms with Crippen LogP contribution in [0.1, 0.15) is 26.7 Å². The summed E-state index contributed by atoms with van der Waals surface area (Å²) < 4.78 is 12.7. The molecule has 0 aliphatic carbocycles. The molecule has 0 spiro atoms. The highest BCUT2D eigenvalue weighted by Gasteiger charge is 2.16. The summed E-state index contributed by atoms with van der Waals surface area (Å²) in [5.41, 5.74) is 0.741. The first kappa shape index (κ1) is 13.5. The third-order valence-corrected chi connectivity index (χ3v) is 2.87. The quantitative estimate of drug-likeness (QED) is 0.778. The van der Waals surface area contributed by atoms with E-state index in [1.807, 2.05) is 20.9 Å². The van der Waals surface area contributed by atoms with Gasteiger partial charge < -0.3 is 4.90 Å². The summed E-state index contributed by atoms with van der Waals surface area (Å²) in [6.45, 7) is 4.77. The van der Waals surface area contributed by atoms with Crippen molar-refractivity contribution >= 4 is 5.69 Å². The van der Waals surface area contributed by atoms with Gasteiger partial charge in [0.05, 0.1) is 11.5 Å². The molecule has 92 valence electrons. The lowest BCUT2D eigenvalue weighted by Gasteiger charge is -2.21. The van der Waals surface area contributed by atoms with Gasteiger partial charge in [-0.3, -0.25) is 0 Å². The van der Waals surface area contributed by atoms with E-state index >= 15 is 0 Å². The second kappa shape index (κ2) is 5.67. The average Bonchev–Trinajstić information content (AvgIpc) is 2.29. The van der Waals surface area contributed by atoms with Gasteiger partial charge in [-0.2, -0.15) is 5.26 Å². The highest BCUT2D eigenvalue weighted by molar-refractivity contribution is 5.45. The first-order valence-corrected chi connectivity index (χ1v) is 5.82. The van der Waals surface area contributed by atoms with Crippen molar-refractivity contribution in [1.82, 2.24) is 0 Å². The maximum atomic E-state index is 12.7. The Balaban J connectivity index is 2.43. The molecule has 1 aromatic carbocycles. The minimum Gasteiger partial charge on any atom is -0.375 e. The molecule has 0 amide bonds. The van der Waals surface area contributed by atoms with Crippen LogP contribution in [0.2, 0.25) is 0 Å². The third kappa shape index (κ3) is 4.44. The fourth-order valence-corrected chi connectivity index (χ4v) is 1.64. The van der Waals surface area contributed by atoms with Crippen LogP contribution in [-0.4, -0.2) is 13.6 Å². The van der Waals surface area contributed by atoms with Crippen molar-refractivity contribution in [2.45, 2.75) is 26.7 Å². The highest BCUT2D eigenvalue weighted by atomic mass is 19.1. The van der Waals surface area contributed by atoms with Crippen LogP contribution >= 0.6 is 0 Å². The Bertz CT molecular complexity index is 390. The van der Waals surface area contributed by atoms with Gasteiger partial charge in [0.1, 0.15) is 5.82 Å². The fourth-order valence-electron chi connectivity index (χ4n) is 1.64. The Morgan fingerprint density at radius 3 is 2.41 bits per heavy atom. The predicted molar refractivity (Wildman–Crippen MR) is 68.3 cm³/mol. The molecule has 0 heterocycles. The van der Waals surface area contributed by atoms with E-state index in [9.17, 15) is 4.39 Å². The average molecular weight is 234 g/mol. The first-order valence-electron chi connectivity index (χ1n) is 5.82. The van der Waals surface area contributed by atoms with Crippen LogP contribution in [0.5, 0.6) is 0 Å². The summed E-state index contributed by atoms with van der Waals surface area (Å²) >= 11 is 0. The van der Waals surface area contributed by atoms with E-state index in [-0.39, 0.29) is 11.2 Å². The molecule has 0 radical (unpaired) electrons. The van der Waals surface area contributed by atoms with Crippen LogP contribution in [0.3, 0.4) is 0 Å². The van der Waals surface area contributed by atoms with Crippen molar-refractivity contribution in [2.75, 3.05) is 18.5 Å². The van der Waals surface area contributed by atoms with Crippen LogP contribution in [0.15, 0.2) is 24.3 Å². The molecule has 0 aromatic heterocycles. The Kier molecular flexibility index (Phi) is 4.51. The van der Waals surface area contributed by atoms with Crippen LogP contribution in [-0.2, 0) is 0 Å². The Labute approximate surface area is 103 Å². The predicted octanol–water partition coefficient (Wildman–Crippen LogP) is 3.59. The summed E-state index contributed by atoms with van der Waals surface area (Å²) in [5, 5.41) is 8.90. The van der Waals surface area contributed by atoms with Crippen molar-refractivity contribution < 1.29 is 4.39 Å². The molecule has 2 nitrogen and oxygen atoms in total. The van der Waals surface area contributed by atoms with Gasteiger partial charge in [0.15, 0.2) is 0 Å². The smallest absolute Gasteiger partial charge is 0.123 e. The molecule has 1 rings (SSSR count). The van der Waals surface area contributed by atoms with E-state index in [0.29, 0.717) is 0 Å². The number of benzene rings is 1. The zero-order valence-corrected chi connectivity index (χ0v) is 10.7. The van der Waals surface area contributed by atoms with Gasteiger partial charge in [0.25, 0.3) is 0 Å². The molecule has 3 heteroatoms. The summed E-state index contributed by atoms with van der Waals surface area (Å²) in [6.07, 6.45) is 1.82.